The Kier molecular flexibility index (Phi) is 6.56. The number of aromatic nitrogens is 2. The molecule has 1 saturated heterocycles. The van der Waals surface area contributed by atoms with E-state index in [0.29, 0.717) is 30.0 Å². The average molecular weight is 475 g/mol. The summed E-state index contributed by atoms with van der Waals surface area (Å²) in [6.07, 6.45) is 2.51. The smallest absolute Gasteiger partial charge is 0.295 e. The van der Waals surface area contributed by atoms with E-state index in [9.17, 15) is 14.7 Å². The number of ketones is 1. The topological polar surface area (TPSA) is 78.1 Å². The van der Waals surface area contributed by atoms with Crippen molar-refractivity contribution in [2.24, 2.45) is 0 Å². The molecule has 7 nitrogen and oxygen atoms in total. The highest BCUT2D eigenvalue weighted by Gasteiger charge is 2.46. The van der Waals surface area contributed by atoms with Crippen molar-refractivity contribution in [1.82, 2.24) is 19.2 Å². The van der Waals surface area contributed by atoms with Crippen LogP contribution in [0.5, 0.6) is 0 Å². The number of aliphatic hydroxyl groups excluding tert-OH is 1. The van der Waals surface area contributed by atoms with Crippen molar-refractivity contribution in [3.63, 3.8) is 0 Å². The van der Waals surface area contributed by atoms with Gasteiger partial charge in [0.1, 0.15) is 11.3 Å². The fourth-order valence-electron chi connectivity index (χ4n) is 4.71. The van der Waals surface area contributed by atoms with Crippen molar-refractivity contribution >= 4 is 23.1 Å². The molecule has 7 heteroatoms. The molecule has 0 saturated carbocycles. The Bertz CT molecular complexity index is 1300. The number of pyridine rings is 1. The van der Waals surface area contributed by atoms with Crippen LogP contribution in [0.2, 0.25) is 0 Å². The minimum absolute atomic E-state index is 0.0281. The Labute approximate surface area is 206 Å². The van der Waals surface area contributed by atoms with Gasteiger partial charge in [-0.1, -0.05) is 51.1 Å². The number of aryl methyl sites for hydroxylation is 1. The number of rotatable bonds is 6. The van der Waals surface area contributed by atoms with Gasteiger partial charge in [0.15, 0.2) is 5.76 Å². The highest BCUT2D eigenvalue weighted by atomic mass is 16.3. The molecule has 0 radical (unpaired) electrons. The van der Waals surface area contributed by atoms with Gasteiger partial charge in [0, 0.05) is 12.7 Å². The molecule has 4 rings (SSSR count). The standard InChI is InChI=1S/C28H34N4O3/c1-18-23(31-16-8-7-10-21(31)29-18)25(33)22-24(19-11-13-20(14-12-19)28(2,3)4)32(27(35)26(22)34)17-9-15-30(5)6/h7-8,10-14,16,24,33H,9,15,17H2,1-6H3/b25-22+/t24-/m0/s1. The number of Topliss-reactive ketones (excluding diaryl/α,β-unsaturated/α-hetero) is 1. The van der Waals surface area contributed by atoms with E-state index < -0.39 is 17.7 Å². The largest absolute Gasteiger partial charge is 0.505 e. The van der Waals surface area contributed by atoms with Crippen molar-refractivity contribution in [2.45, 2.75) is 45.6 Å². The molecular weight excluding hydrogens is 440 g/mol. The summed E-state index contributed by atoms with van der Waals surface area (Å²) in [5.41, 5.74) is 3.73. The van der Waals surface area contributed by atoms with Crippen LogP contribution < -0.4 is 0 Å². The van der Waals surface area contributed by atoms with Crippen LogP contribution in [0.15, 0.2) is 54.2 Å². The Morgan fingerprint density at radius 3 is 2.40 bits per heavy atom. The summed E-state index contributed by atoms with van der Waals surface area (Å²) in [6, 6.07) is 12.9. The molecule has 184 valence electrons. The molecule has 3 aromatic rings. The van der Waals surface area contributed by atoms with Gasteiger partial charge in [-0.3, -0.25) is 14.0 Å². The molecule has 1 amide bonds. The van der Waals surface area contributed by atoms with E-state index in [1.165, 1.54) is 0 Å². The first-order valence-electron chi connectivity index (χ1n) is 12.0. The Morgan fingerprint density at radius 1 is 1.09 bits per heavy atom. The monoisotopic (exact) mass is 474 g/mol. The van der Waals surface area contributed by atoms with E-state index in [0.717, 1.165) is 17.7 Å². The summed E-state index contributed by atoms with van der Waals surface area (Å²) in [5, 5.41) is 11.5. The molecule has 2 aromatic heterocycles. The van der Waals surface area contributed by atoms with Crippen LogP contribution in [0, 0.1) is 6.92 Å². The number of nitrogens with zero attached hydrogens (tertiary/aromatic N) is 4. The normalized spacial score (nSPS) is 18.3. The number of hydrogen-bond donors (Lipinski definition) is 1. The third-order valence-electron chi connectivity index (χ3n) is 6.57. The minimum atomic E-state index is -0.667. The van der Waals surface area contributed by atoms with E-state index in [2.05, 4.69) is 25.8 Å². The first-order valence-corrected chi connectivity index (χ1v) is 12.0. The lowest BCUT2D eigenvalue weighted by Crippen LogP contribution is -2.32. The maximum absolute atomic E-state index is 13.4. The summed E-state index contributed by atoms with van der Waals surface area (Å²) >= 11 is 0. The molecule has 0 bridgehead atoms. The van der Waals surface area contributed by atoms with Crippen molar-refractivity contribution in [1.29, 1.82) is 0 Å². The van der Waals surface area contributed by atoms with Crippen LogP contribution in [0.25, 0.3) is 11.4 Å². The Morgan fingerprint density at radius 2 is 1.77 bits per heavy atom. The molecule has 0 aliphatic carbocycles. The second kappa shape index (κ2) is 9.30. The minimum Gasteiger partial charge on any atom is -0.505 e. The molecule has 0 spiro atoms. The van der Waals surface area contributed by atoms with Crippen molar-refractivity contribution in [3.8, 4) is 0 Å². The third kappa shape index (κ3) is 4.60. The number of likely N-dealkylation sites (tertiary alicyclic amines) is 1. The lowest BCUT2D eigenvalue weighted by molar-refractivity contribution is -0.139. The molecule has 1 atom stereocenters. The van der Waals surface area contributed by atoms with Gasteiger partial charge in [0.2, 0.25) is 0 Å². The van der Waals surface area contributed by atoms with Crippen LogP contribution >= 0.6 is 0 Å². The van der Waals surface area contributed by atoms with Crippen molar-refractivity contribution < 1.29 is 14.7 Å². The summed E-state index contributed by atoms with van der Waals surface area (Å²) in [6.45, 7) is 9.42. The lowest BCUT2D eigenvalue weighted by atomic mass is 9.85. The maximum atomic E-state index is 13.4. The fourth-order valence-corrected chi connectivity index (χ4v) is 4.71. The summed E-state index contributed by atoms with van der Waals surface area (Å²) in [7, 11) is 3.95. The highest BCUT2D eigenvalue weighted by Crippen LogP contribution is 2.40. The SMILES string of the molecule is Cc1nc2ccccn2c1/C(O)=C1\C(=O)C(=O)N(CCCN(C)C)[C@H]1c1ccc(C(C)(C)C)cc1. The molecular formula is C28H34N4O3. The van der Waals surface area contributed by atoms with Gasteiger partial charge in [-0.25, -0.2) is 4.98 Å². The number of fused-ring (bicyclic) bond motifs is 1. The van der Waals surface area contributed by atoms with Crippen molar-refractivity contribution in [3.05, 3.63) is 76.7 Å². The molecule has 35 heavy (non-hydrogen) atoms. The van der Waals surface area contributed by atoms with E-state index >= 15 is 0 Å². The fraction of sp³-hybridized carbons (Fsp3) is 0.393. The summed E-state index contributed by atoms with van der Waals surface area (Å²) in [5.74, 6) is -1.44. The van der Waals surface area contributed by atoms with E-state index in [1.807, 2.05) is 61.5 Å². The van der Waals surface area contributed by atoms with Crippen LogP contribution in [0.4, 0.5) is 0 Å². The van der Waals surface area contributed by atoms with E-state index in [1.54, 1.807) is 22.4 Å². The zero-order valence-electron chi connectivity index (χ0n) is 21.4. The van der Waals surface area contributed by atoms with Gasteiger partial charge in [-0.05, 0) is 62.7 Å². The number of aliphatic hydroxyl groups is 1. The quantitative estimate of drug-likeness (QED) is 0.327. The van der Waals surface area contributed by atoms with Gasteiger partial charge in [-0.2, -0.15) is 0 Å². The van der Waals surface area contributed by atoms with E-state index in [-0.39, 0.29) is 16.7 Å². The molecule has 1 N–H and O–H groups in total. The van der Waals surface area contributed by atoms with Crippen LogP contribution in [0.3, 0.4) is 0 Å². The summed E-state index contributed by atoms with van der Waals surface area (Å²) < 4.78 is 1.75. The van der Waals surface area contributed by atoms with Crippen molar-refractivity contribution in [2.75, 3.05) is 27.2 Å². The van der Waals surface area contributed by atoms with Gasteiger partial charge in [0.25, 0.3) is 11.7 Å². The maximum Gasteiger partial charge on any atom is 0.295 e. The third-order valence-corrected chi connectivity index (χ3v) is 6.57. The Balaban J connectivity index is 1.87. The first-order chi connectivity index (χ1) is 16.5. The highest BCUT2D eigenvalue weighted by molar-refractivity contribution is 6.46. The zero-order valence-corrected chi connectivity index (χ0v) is 21.4. The number of carbonyl (C=O) groups excluding carboxylic acids is 2. The molecule has 1 aromatic carbocycles. The number of amides is 1. The van der Waals surface area contributed by atoms with Gasteiger partial charge < -0.3 is 14.9 Å². The predicted octanol–water partition coefficient (Wildman–Crippen LogP) is 4.31. The zero-order chi connectivity index (χ0) is 25.5. The number of imidazole rings is 1. The average Bonchev–Trinajstić information content (AvgIpc) is 3.26. The van der Waals surface area contributed by atoms with Crippen LogP contribution in [0.1, 0.15) is 55.7 Å². The first kappa shape index (κ1) is 24.7. The molecule has 1 fully saturated rings. The van der Waals surface area contributed by atoms with Crippen LogP contribution in [-0.2, 0) is 15.0 Å². The Hall–Kier alpha value is -3.45. The van der Waals surface area contributed by atoms with Gasteiger partial charge >= 0.3 is 0 Å². The number of hydrogen-bond acceptors (Lipinski definition) is 5. The lowest BCUT2D eigenvalue weighted by Gasteiger charge is -2.27. The van der Waals surface area contributed by atoms with E-state index in [4.69, 9.17) is 0 Å². The second-order valence-electron chi connectivity index (χ2n) is 10.5. The van der Waals surface area contributed by atoms with Crippen LogP contribution in [-0.4, -0.2) is 63.2 Å². The second-order valence-corrected chi connectivity index (χ2v) is 10.5. The molecule has 0 unspecified atom stereocenters. The molecule has 3 heterocycles. The predicted molar refractivity (Wildman–Crippen MR) is 137 cm³/mol. The van der Waals surface area contributed by atoms with Gasteiger partial charge in [-0.15, -0.1) is 0 Å². The summed E-state index contributed by atoms with van der Waals surface area (Å²) in [4.78, 5) is 34.8. The number of carbonyl (C=O) groups is 2. The number of benzene rings is 1. The van der Waals surface area contributed by atoms with Gasteiger partial charge in [0.05, 0.1) is 17.3 Å². The molecule has 1 aliphatic rings. The molecule has 1 aliphatic heterocycles.